The van der Waals surface area contributed by atoms with Gasteiger partial charge in [0.25, 0.3) is 5.56 Å². The number of nitrogens with zero attached hydrogens (tertiary/aromatic N) is 5. The van der Waals surface area contributed by atoms with E-state index >= 15 is 0 Å². The Hall–Kier alpha value is -7.30. The summed E-state index contributed by atoms with van der Waals surface area (Å²) < 4.78 is 95.4. The number of anilines is 1. The molecule has 0 radical (unpaired) electrons. The van der Waals surface area contributed by atoms with Gasteiger partial charge in [0.05, 0.1) is 128 Å². The van der Waals surface area contributed by atoms with E-state index in [1.165, 1.54) is 22.3 Å². The van der Waals surface area contributed by atoms with Crippen LogP contribution in [0.2, 0.25) is 0 Å². The predicted octanol–water partition coefficient (Wildman–Crippen LogP) is 8.54. The van der Waals surface area contributed by atoms with E-state index in [-0.39, 0.29) is 93.3 Å². The van der Waals surface area contributed by atoms with E-state index in [0.29, 0.717) is 192 Å². The molecule has 2 aliphatic rings. The largest absolute Gasteiger partial charge is 0.510 e. The minimum Gasteiger partial charge on any atom is -0.457 e. The molecule has 2 aliphatic heterocycles. The molecule has 7 rings (SSSR count). The summed E-state index contributed by atoms with van der Waals surface area (Å²) in [6, 6.07) is 15.3. The molecule has 0 saturated heterocycles. The third kappa shape index (κ3) is 28.4. The van der Waals surface area contributed by atoms with Gasteiger partial charge in [0.15, 0.2) is 16.7 Å². The molecule has 30 heteroatoms. The molecule has 106 heavy (non-hydrogen) atoms. The number of ether oxygens (including phenoxy) is 12. The molecule has 582 valence electrons. The smallest absolute Gasteiger partial charge is 0.457 e. The van der Waals surface area contributed by atoms with Crippen LogP contribution in [0.4, 0.5) is 10.5 Å². The lowest BCUT2D eigenvalue weighted by molar-refractivity contribution is -0.175. The number of esters is 1. The number of hydrogen-bond donors (Lipinski definition) is 2. The number of thioether (sulfide) groups is 1. The Morgan fingerprint density at radius 3 is 1.88 bits per heavy atom. The minimum atomic E-state index is -3.54. The van der Waals surface area contributed by atoms with Crippen molar-refractivity contribution in [3.63, 3.8) is 0 Å². The summed E-state index contributed by atoms with van der Waals surface area (Å²) in [5, 5.41) is 4.43. The first-order valence-electron chi connectivity index (χ1n) is 36.4. The zero-order chi connectivity index (χ0) is 75.9. The fraction of sp³-hybridized carbons (Fsp3) is 0.579. The summed E-state index contributed by atoms with van der Waals surface area (Å²) in [4.78, 5) is 107. The monoisotopic (exact) mass is 1520 g/mol. The lowest BCUT2D eigenvalue weighted by atomic mass is 9.85. The maximum absolute atomic E-state index is 14.4. The van der Waals surface area contributed by atoms with Crippen molar-refractivity contribution in [2.45, 2.75) is 141 Å². The molecular weight excluding hydrogens is 1410 g/mol. The zero-order valence-corrected chi connectivity index (χ0v) is 63.5. The Bertz CT molecular complexity index is 3800. The number of pyridine rings is 2. The molecule has 3 aromatic heterocycles. The molecule has 0 aliphatic carbocycles. The van der Waals surface area contributed by atoms with Gasteiger partial charge in [-0.05, 0) is 113 Å². The molecule has 0 fully saturated rings. The van der Waals surface area contributed by atoms with Crippen molar-refractivity contribution in [3.8, 4) is 11.4 Å². The van der Waals surface area contributed by atoms with Crippen LogP contribution in [0.25, 0.3) is 28.4 Å². The molecular formula is C76H105N7O21S2. The summed E-state index contributed by atoms with van der Waals surface area (Å²) in [5.41, 5.74) is 8.49. The van der Waals surface area contributed by atoms with Gasteiger partial charge >= 0.3 is 12.1 Å². The van der Waals surface area contributed by atoms with E-state index < -0.39 is 45.1 Å². The van der Waals surface area contributed by atoms with E-state index in [4.69, 9.17) is 67.6 Å². The molecule has 0 saturated carbocycles. The first kappa shape index (κ1) is 85.9. The number of ketones is 3. The molecule has 3 N–H and O–H groups in total. The Morgan fingerprint density at radius 2 is 1.30 bits per heavy atom. The fourth-order valence-corrected chi connectivity index (χ4v) is 13.5. The topological polar surface area (TPSA) is 349 Å². The quantitative estimate of drug-likeness (QED) is 0.0156. The second kappa shape index (κ2) is 46.8. The predicted molar refractivity (Wildman–Crippen MR) is 398 cm³/mol. The number of para-hydroxylation sites is 1. The molecule has 1 amide bonds. The molecule has 0 spiro atoms. The van der Waals surface area contributed by atoms with Crippen LogP contribution >= 0.6 is 11.8 Å². The highest BCUT2D eigenvalue weighted by molar-refractivity contribution is 7.98. The number of sulfonamides is 1. The van der Waals surface area contributed by atoms with Gasteiger partial charge in [0.1, 0.15) is 32.2 Å². The number of hydrogen-bond acceptors (Lipinski definition) is 26. The van der Waals surface area contributed by atoms with Gasteiger partial charge in [0, 0.05) is 97.6 Å². The van der Waals surface area contributed by atoms with Crippen molar-refractivity contribution < 1.29 is 94.0 Å². The Kier molecular flexibility index (Phi) is 38.0. The van der Waals surface area contributed by atoms with Gasteiger partial charge in [-0.15, -0.1) is 0 Å². The summed E-state index contributed by atoms with van der Waals surface area (Å²) in [6.45, 7) is 11.5. The van der Waals surface area contributed by atoms with E-state index in [2.05, 4.69) is 15.3 Å². The number of benzene rings is 2. The van der Waals surface area contributed by atoms with Crippen LogP contribution in [0, 0.1) is 5.92 Å². The van der Waals surface area contributed by atoms with Crippen LogP contribution in [-0.2, 0) is 123 Å². The maximum atomic E-state index is 14.4. The van der Waals surface area contributed by atoms with Crippen molar-refractivity contribution in [2.75, 3.05) is 150 Å². The number of allylic oxidation sites excluding steroid dienone is 1. The van der Waals surface area contributed by atoms with Crippen molar-refractivity contribution in [3.05, 3.63) is 117 Å². The van der Waals surface area contributed by atoms with Crippen LogP contribution in [-0.4, -0.2) is 218 Å². The zero-order valence-electron chi connectivity index (χ0n) is 61.8. The van der Waals surface area contributed by atoms with Gasteiger partial charge in [-0.25, -0.2) is 33.0 Å². The molecule has 5 aromatic rings. The number of carbonyl (C=O) groups excluding carboxylic acids is 6. The SMILES string of the molecule is CC[C@@]1(OC(=O)OCc2ccc(NC(=O)[C@H](CCCCN)CC(=O)COCC(=O)CCCOCCOCCOCCOCCOCCOCCOCCOCCCC(=O)CCC/C=C/c3cnc(SC)nc3)cc2)C(=O)OCc2c1cc1n(c2=O)Cc2c-1nc1ccccc1c2CCN(C(C)C)S(C)(=O)=O. The summed E-state index contributed by atoms with van der Waals surface area (Å²) in [6.07, 6.45) is 15.4. The number of cyclic esters (lactones) is 1. The molecule has 0 unspecified atom stereocenters. The fourth-order valence-electron chi connectivity index (χ4n) is 12.0. The number of nitrogens with one attached hydrogen (secondary N) is 1. The van der Waals surface area contributed by atoms with Gasteiger partial charge in [-0.1, -0.05) is 67.6 Å². The number of carbonyl (C=O) groups is 6. The maximum Gasteiger partial charge on any atom is 0.510 e. The van der Waals surface area contributed by atoms with Crippen LogP contribution in [0.15, 0.2) is 83.0 Å². The van der Waals surface area contributed by atoms with Gasteiger partial charge < -0.3 is 72.5 Å². The van der Waals surface area contributed by atoms with Crippen molar-refractivity contribution in [1.82, 2.24) is 23.8 Å². The number of amides is 1. The minimum absolute atomic E-state index is 0.107. The summed E-state index contributed by atoms with van der Waals surface area (Å²) in [7, 11) is -3.54. The van der Waals surface area contributed by atoms with Crippen LogP contribution < -0.4 is 16.6 Å². The highest BCUT2D eigenvalue weighted by Crippen LogP contribution is 2.42. The number of rotatable bonds is 56. The lowest BCUT2D eigenvalue weighted by Gasteiger charge is -2.35. The average molecular weight is 1520 g/mol. The van der Waals surface area contributed by atoms with Crippen LogP contribution in [0.3, 0.4) is 0 Å². The van der Waals surface area contributed by atoms with E-state index in [0.717, 1.165) is 40.1 Å². The standard InChI is InChI=1S/C76H105N7O21S2/c1-6-76(67-47-69-70-65(50-82(69)72(88)66(67)54-102-73(76)89)63(64-21-10-11-22-68(64)81-70)27-29-83(55(2)3)106(5,91)92)104-75(90)103-51-56-23-25-59(26-24-56)80-71(87)58(17-12-13-28-77)46-62(86)53-101-52-61(85)20-15-31-94-33-35-96-37-39-98-41-43-100-45-44-99-42-40-97-38-36-95-34-32-93-30-14-19-60(84)18-9-7-8-16-57-48-78-74(105-4)79-49-57/h8,10-11,16,21-26,47-49,55,58H,6-7,9,12-15,17-20,27-46,50-54,77H2,1-5H3,(H,80,87)/b16-8+/t58-,76+/m1/s1. The van der Waals surface area contributed by atoms with Crippen molar-refractivity contribution in [1.29, 1.82) is 0 Å². The Morgan fingerprint density at radius 1 is 0.726 bits per heavy atom. The third-order valence-corrected chi connectivity index (χ3v) is 19.6. The Balaban J connectivity index is 0.682. The highest BCUT2D eigenvalue weighted by Gasteiger charge is 2.51. The van der Waals surface area contributed by atoms with Crippen LogP contribution in [0.1, 0.15) is 131 Å². The average Bonchev–Trinajstić information content (AvgIpc) is 1.49. The van der Waals surface area contributed by atoms with Crippen LogP contribution in [0.5, 0.6) is 0 Å². The number of unbranched alkanes of at least 4 members (excludes halogenated alkanes) is 2. The first-order valence-corrected chi connectivity index (χ1v) is 39.5. The number of fused-ring (bicyclic) bond motifs is 5. The molecule has 0 bridgehead atoms. The van der Waals surface area contributed by atoms with E-state index in [1.54, 1.807) is 54.2 Å². The second-order valence-corrected chi connectivity index (χ2v) is 28.5. The summed E-state index contributed by atoms with van der Waals surface area (Å²) in [5.74, 6) is -2.27. The molecule has 5 heterocycles. The second-order valence-electron chi connectivity index (χ2n) is 25.7. The normalized spacial score (nSPS) is 14.4. The summed E-state index contributed by atoms with van der Waals surface area (Å²) >= 11 is 1.50. The van der Waals surface area contributed by atoms with E-state index in [1.807, 2.05) is 56.5 Å². The van der Waals surface area contributed by atoms with Gasteiger partial charge in [0.2, 0.25) is 21.5 Å². The van der Waals surface area contributed by atoms with Gasteiger partial charge in [-0.2, -0.15) is 4.31 Å². The van der Waals surface area contributed by atoms with Gasteiger partial charge in [-0.3, -0.25) is 24.0 Å². The first-order chi connectivity index (χ1) is 51.3. The lowest BCUT2D eigenvalue weighted by Crippen LogP contribution is -2.47. The molecule has 2 aromatic carbocycles. The number of nitrogens with two attached hydrogens (primary N) is 1. The van der Waals surface area contributed by atoms with Crippen molar-refractivity contribution in [2.24, 2.45) is 11.7 Å². The highest BCUT2D eigenvalue weighted by atomic mass is 32.2. The van der Waals surface area contributed by atoms with E-state index in [9.17, 15) is 42.0 Å². The number of Topliss-reactive ketones (excluding diaryl/α,β-unsaturated/α-hetero) is 3. The van der Waals surface area contributed by atoms with Crippen molar-refractivity contribution >= 4 is 79.8 Å². The Labute approximate surface area is 625 Å². The third-order valence-electron chi connectivity index (χ3n) is 17.5. The number of aromatic nitrogens is 4. The molecule has 28 nitrogen and oxygen atoms in total. The molecule has 2 atom stereocenters.